The number of hydrogen-bond donors (Lipinski definition) is 4. The molecule has 0 bridgehead atoms. The van der Waals surface area contributed by atoms with Gasteiger partial charge in [0, 0.05) is 37.2 Å². The fourth-order valence-corrected chi connectivity index (χ4v) is 1.84. The molecule has 0 aliphatic rings. The van der Waals surface area contributed by atoms with E-state index in [9.17, 15) is 19.5 Å². The standard InChI is InChI=1S/C15H16N4O4/c1-9(19-14(22)10-4-11(20)7-17-6-10)5-18-15(23)12-8-16-3-2-13(12)21/h2-4,6-9,20H,5H2,1H3,(H,16,21)(H,18,23)(H,19,22). The molecule has 8 heteroatoms. The van der Waals surface area contributed by atoms with Crippen molar-refractivity contribution in [3.05, 3.63) is 58.3 Å². The summed E-state index contributed by atoms with van der Waals surface area (Å²) in [4.78, 5) is 41.7. The van der Waals surface area contributed by atoms with Gasteiger partial charge in [-0.2, -0.15) is 0 Å². The van der Waals surface area contributed by atoms with Gasteiger partial charge < -0.3 is 20.7 Å². The molecule has 2 amide bonds. The molecule has 2 heterocycles. The highest BCUT2D eigenvalue weighted by molar-refractivity contribution is 5.95. The van der Waals surface area contributed by atoms with E-state index in [1.165, 1.54) is 36.9 Å². The molecule has 2 rings (SSSR count). The van der Waals surface area contributed by atoms with E-state index in [4.69, 9.17) is 0 Å². The zero-order valence-electron chi connectivity index (χ0n) is 12.4. The van der Waals surface area contributed by atoms with Gasteiger partial charge in [0.2, 0.25) is 0 Å². The van der Waals surface area contributed by atoms with E-state index < -0.39 is 11.8 Å². The van der Waals surface area contributed by atoms with Crippen LogP contribution in [0.15, 0.2) is 41.7 Å². The fourth-order valence-electron chi connectivity index (χ4n) is 1.84. The van der Waals surface area contributed by atoms with Gasteiger partial charge in [-0.3, -0.25) is 19.4 Å². The highest BCUT2D eigenvalue weighted by Crippen LogP contribution is 2.08. The smallest absolute Gasteiger partial charge is 0.256 e. The summed E-state index contributed by atoms with van der Waals surface area (Å²) in [7, 11) is 0. The van der Waals surface area contributed by atoms with E-state index in [-0.39, 0.29) is 34.9 Å². The number of nitrogens with one attached hydrogen (secondary N) is 3. The summed E-state index contributed by atoms with van der Waals surface area (Å²) in [6.45, 7) is 1.84. The average Bonchev–Trinajstić information content (AvgIpc) is 2.53. The van der Waals surface area contributed by atoms with Gasteiger partial charge in [-0.25, -0.2) is 0 Å². The first-order valence-corrected chi connectivity index (χ1v) is 6.87. The minimum atomic E-state index is -0.521. The Bertz CT molecular complexity index is 772. The van der Waals surface area contributed by atoms with E-state index in [0.717, 1.165) is 0 Å². The Labute approximate surface area is 131 Å². The number of aromatic nitrogens is 2. The van der Waals surface area contributed by atoms with Gasteiger partial charge in [-0.15, -0.1) is 0 Å². The number of hydrogen-bond acceptors (Lipinski definition) is 5. The molecule has 4 N–H and O–H groups in total. The molecule has 0 spiro atoms. The lowest BCUT2D eigenvalue weighted by Gasteiger charge is -2.14. The summed E-state index contributed by atoms with van der Waals surface area (Å²) in [5, 5.41) is 14.5. The predicted molar refractivity (Wildman–Crippen MR) is 82.2 cm³/mol. The van der Waals surface area contributed by atoms with Gasteiger partial charge in [0.05, 0.1) is 11.8 Å². The molecule has 0 saturated heterocycles. The third-order valence-corrected chi connectivity index (χ3v) is 3.00. The number of carbonyl (C=O) groups excluding carboxylic acids is 2. The molecule has 2 aromatic heterocycles. The van der Waals surface area contributed by atoms with Gasteiger partial charge in [0.1, 0.15) is 11.3 Å². The van der Waals surface area contributed by atoms with Crippen LogP contribution in [-0.4, -0.2) is 39.5 Å². The Balaban J connectivity index is 1.89. The van der Waals surface area contributed by atoms with Gasteiger partial charge in [0.15, 0.2) is 5.43 Å². The number of pyridine rings is 2. The van der Waals surface area contributed by atoms with E-state index in [1.807, 2.05) is 0 Å². The Kier molecular flexibility index (Phi) is 5.08. The summed E-state index contributed by atoms with van der Waals surface area (Å²) < 4.78 is 0. The van der Waals surface area contributed by atoms with E-state index in [2.05, 4.69) is 20.6 Å². The maximum atomic E-state index is 11.9. The summed E-state index contributed by atoms with van der Waals surface area (Å²) in [6.07, 6.45) is 5.30. The normalized spacial score (nSPS) is 11.5. The van der Waals surface area contributed by atoms with E-state index >= 15 is 0 Å². The van der Waals surface area contributed by atoms with E-state index in [1.54, 1.807) is 6.92 Å². The minimum absolute atomic E-state index is 0.00297. The topological polar surface area (TPSA) is 124 Å². The van der Waals surface area contributed by atoms with Crippen LogP contribution in [-0.2, 0) is 0 Å². The zero-order chi connectivity index (χ0) is 16.8. The molecule has 1 atom stereocenters. The number of nitrogens with zero attached hydrogens (tertiary/aromatic N) is 1. The van der Waals surface area contributed by atoms with Crippen LogP contribution in [0.2, 0.25) is 0 Å². The van der Waals surface area contributed by atoms with Crippen LogP contribution in [0.1, 0.15) is 27.6 Å². The second-order valence-corrected chi connectivity index (χ2v) is 4.94. The molecule has 2 aromatic rings. The van der Waals surface area contributed by atoms with Crippen molar-refractivity contribution in [2.45, 2.75) is 13.0 Å². The average molecular weight is 316 g/mol. The van der Waals surface area contributed by atoms with Crippen molar-refractivity contribution in [2.24, 2.45) is 0 Å². The molecule has 0 aliphatic heterocycles. The molecule has 120 valence electrons. The van der Waals surface area contributed by atoms with Gasteiger partial charge >= 0.3 is 0 Å². The Hall–Kier alpha value is -3.16. The maximum Gasteiger partial charge on any atom is 0.256 e. The van der Waals surface area contributed by atoms with Crippen LogP contribution in [0.25, 0.3) is 0 Å². The van der Waals surface area contributed by atoms with Crippen molar-refractivity contribution in [3.63, 3.8) is 0 Å². The fraction of sp³-hybridized carbons (Fsp3) is 0.200. The minimum Gasteiger partial charge on any atom is -0.506 e. The molecular weight excluding hydrogens is 300 g/mol. The van der Waals surface area contributed by atoms with Gasteiger partial charge in [0.25, 0.3) is 11.8 Å². The predicted octanol–water partition coefficient (Wildman–Crippen LogP) is 0.0238. The number of aromatic hydroxyl groups is 1. The first-order chi connectivity index (χ1) is 11.0. The lowest BCUT2D eigenvalue weighted by atomic mass is 10.2. The molecule has 8 nitrogen and oxygen atoms in total. The largest absolute Gasteiger partial charge is 0.506 e. The number of rotatable bonds is 5. The molecule has 0 saturated carbocycles. The van der Waals surface area contributed by atoms with E-state index in [0.29, 0.717) is 0 Å². The van der Waals surface area contributed by atoms with Crippen molar-refractivity contribution in [2.75, 3.05) is 6.54 Å². The third-order valence-electron chi connectivity index (χ3n) is 3.00. The van der Waals surface area contributed by atoms with Crippen LogP contribution in [0, 0.1) is 0 Å². The first-order valence-electron chi connectivity index (χ1n) is 6.87. The lowest BCUT2D eigenvalue weighted by molar-refractivity contribution is 0.0911. The highest BCUT2D eigenvalue weighted by Gasteiger charge is 2.13. The quantitative estimate of drug-likeness (QED) is 0.619. The summed E-state index contributed by atoms with van der Waals surface area (Å²) in [6, 6.07) is 2.17. The zero-order valence-corrected chi connectivity index (χ0v) is 12.4. The Morgan fingerprint density at radius 3 is 2.83 bits per heavy atom. The Morgan fingerprint density at radius 1 is 1.35 bits per heavy atom. The third kappa shape index (κ3) is 4.40. The molecule has 0 aromatic carbocycles. The van der Waals surface area contributed by atoms with Crippen LogP contribution >= 0.6 is 0 Å². The number of amides is 2. The second-order valence-electron chi connectivity index (χ2n) is 4.94. The molecule has 0 fully saturated rings. The van der Waals surface area contributed by atoms with Crippen LogP contribution in [0.4, 0.5) is 0 Å². The first kappa shape index (κ1) is 16.2. The van der Waals surface area contributed by atoms with Crippen molar-refractivity contribution >= 4 is 11.8 Å². The monoisotopic (exact) mass is 316 g/mol. The van der Waals surface area contributed by atoms with Crippen LogP contribution in [0.5, 0.6) is 5.75 Å². The van der Waals surface area contributed by atoms with Gasteiger partial charge in [-0.1, -0.05) is 0 Å². The van der Waals surface area contributed by atoms with Crippen LogP contribution in [0.3, 0.4) is 0 Å². The molecule has 0 aliphatic carbocycles. The molecular formula is C15H16N4O4. The van der Waals surface area contributed by atoms with Gasteiger partial charge in [-0.05, 0) is 13.0 Å². The second kappa shape index (κ2) is 7.21. The molecule has 0 radical (unpaired) electrons. The maximum absolute atomic E-state index is 11.9. The Morgan fingerprint density at radius 2 is 2.13 bits per heavy atom. The molecule has 23 heavy (non-hydrogen) atoms. The van der Waals surface area contributed by atoms with Crippen molar-refractivity contribution in [1.29, 1.82) is 0 Å². The van der Waals surface area contributed by atoms with Crippen molar-refractivity contribution in [3.8, 4) is 5.75 Å². The van der Waals surface area contributed by atoms with Crippen LogP contribution < -0.4 is 16.1 Å². The summed E-state index contributed by atoms with van der Waals surface area (Å²) >= 11 is 0. The number of aromatic amines is 1. The lowest BCUT2D eigenvalue weighted by Crippen LogP contribution is -2.42. The highest BCUT2D eigenvalue weighted by atomic mass is 16.3. The molecule has 1 unspecified atom stereocenters. The van der Waals surface area contributed by atoms with Crippen molar-refractivity contribution in [1.82, 2.24) is 20.6 Å². The number of H-pyrrole nitrogens is 1. The number of carbonyl (C=O) groups is 2. The SMILES string of the molecule is CC(CNC(=O)c1c[nH]ccc1=O)NC(=O)c1cncc(O)c1. The summed E-state index contributed by atoms with van der Waals surface area (Å²) in [5.41, 5.74) is -0.172. The van der Waals surface area contributed by atoms with Crippen molar-refractivity contribution < 1.29 is 14.7 Å². The summed E-state index contributed by atoms with van der Waals surface area (Å²) in [5.74, 6) is -1.05.